The van der Waals surface area contributed by atoms with Crippen molar-refractivity contribution in [2.75, 3.05) is 33.2 Å². The largest absolute Gasteiger partial charge is 0.351 e. The van der Waals surface area contributed by atoms with Gasteiger partial charge in [0, 0.05) is 74.9 Å². The molecular formula is C47H66N4O. The molecule has 4 aliphatic rings. The molecule has 2 fully saturated rings. The maximum atomic E-state index is 13.9. The number of nitrogens with zero attached hydrogens (tertiary/aromatic N) is 4. The fourth-order valence-corrected chi connectivity index (χ4v) is 9.42. The van der Waals surface area contributed by atoms with Crippen LogP contribution in [0, 0.1) is 6.92 Å². The molecule has 2 aromatic rings. The van der Waals surface area contributed by atoms with Gasteiger partial charge in [-0.1, -0.05) is 83.5 Å². The van der Waals surface area contributed by atoms with E-state index in [1.165, 1.54) is 74.1 Å². The molecule has 3 aliphatic heterocycles. The van der Waals surface area contributed by atoms with Gasteiger partial charge in [-0.3, -0.25) is 14.6 Å². The highest BCUT2D eigenvalue weighted by molar-refractivity contribution is 5.94. The Kier molecular flexibility index (Phi) is 11.4. The van der Waals surface area contributed by atoms with Gasteiger partial charge in [0.1, 0.15) is 0 Å². The number of hydrogen-bond donors (Lipinski definition) is 0. The maximum absolute atomic E-state index is 13.9. The van der Waals surface area contributed by atoms with E-state index in [1.54, 1.807) is 0 Å². The van der Waals surface area contributed by atoms with E-state index in [9.17, 15) is 4.79 Å². The third kappa shape index (κ3) is 7.25. The molecule has 1 amide bonds. The summed E-state index contributed by atoms with van der Waals surface area (Å²) in [4.78, 5) is 23.9. The minimum Gasteiger partial charge on any atom is -0.351 e. The minimum absolute atomic E-state index is 0.169. The lowest BCUT2D eigenvalue weighted by molar-refractivity contribution is -0.130. The Morgan fingerprint density at radius 1 is 0.981 bits per heavy atom. The third-order valence-electron chi connectivity index (χ3n) is 13.2. The Morgan fingerprint density at radius 2 is 1.73 bits per heavy atom. The predicted molar refractivity (Wildman–Crippen MR) is 219 cm³/mol. The van der Waals surface area contributed by atoms with Gasteiger partial charge in [0.25, 0.3) is 0 Å². The highest BCUT2D eigenvalue weighted by Gasteiger charge is 2.51. The molecule has 1 atom stereocenters. The molecule has 5 heteroatoms. The van der Waals surface area contributed by atoms with Crippen LogP contribution < -0.4 is 0 Å². The molecule has 0 bridgehead atoms. The fourth-order valence-electron chi connectivity index (χ4n) is 9.42. The second kappa shape index (κ2) is 15.5. The van der Waals surface area contributed by atoms with Gasteiger partial charge in [-0.05, 0) is 122 Å². The Morgan fingerprint density at radius 3 is 2.38 bits per heavy atom. The van der Waals surface area contributed by atoms with E-state index in [1.807, 2.05) is 0 Å². The predicted octanol–water partition coefficient (Wildman–Crippen LogP) is 10.5. The van der Waals surface area contributed by atoms with E-state index in [0.29, 0.717) is 5.92 Å². The molecule has 1 saturated carbocycles. The van der Waals surface area contributed by atoms with E-state index in [2.05, 4.69) is 132 Å². The molecule has 0 aromatic heterocycles. The van der Waals surface area contributed by atoms with Gasteiger partial charge in [0.05, 0.1) is 6.04 Å². The highest BCUT2D eigenvalue weighted by Crippen LogP contribution is 2.47. The third-order valence-corrected chi connectivity index (χ3v) is 13.2. The number of carbonyl (C=O) groups is 1. The van der Waals surface area contributed by atoms with Crippen LogP contribution in [0.5, 0.6) is 0 Å². The quantitative estimate of drug-likeness (QED) is 0.218. The number of carbonyl (C=O) groups excluding carboxylic acids is 1. The SMILES string of the molecule is C=C1C(C)=C(C)C(c2cc(C)c(CN3CCN(Cc4cccc5c4CCN(C(=O)C(CC)=C(C)CC)C5CCC)C4(CC4)C3)c(C(C)C)c2)=CN1C. The van der Waals surface area contributed by atoms with Crippen LogP contribution in [0.1, 0.15) is 145 Å². The van der Waals surface area contributed by atoms with Crippen LogP contribution in [-0.4, -0.2) is 64.3 Å². The van der Waals surface area contributed by atoms with Crippen LogP contribution in [-0.2, 0) is 24.3 Å². The van der Waals surface area contributed by atoms with Gasteiger partial charge in [-0.2, -0.15) is 0 Å². The van der Waals surface area contributed by atoms with Crippen molar-refractivity contribution in [2.45, 2.75) is 138 Å². The lowest BCUT2D eigenvalue weighted by Gasteiger charge is -2.44. The van der Waals surface area contributed by atoms with Gasteiger partial charge in [0.15, 0.2) is 0 Å². The zero-order chi connectivity index (χ0) is 37.5. The lowest BCUT2D eigenvalue weighted by Crippen LogP contribution is -2.54. The Balaban J connectivity index is 1.20. The molecule has 3 heterocycles. The number of fused-ring (bicyclic) bond motifs is 1. The number of allylic oxidation sites excluding steroid dienone is 4. The first kappa shape index (κ1) is 38.3. The summed E-state index contributed by atoms with van der Waals surface area (Å²) in [6.07, 6.45) is 9.63. The van der Waals surface area contributed by atoms with Gasteiger partial charge >= 0.3 is 0 Å². The Bertz CT molecular complexity index is 1800. The van der Waals surface area contributed by atoms with Gasteiger partial charge in [-0.25, -0.2) is 0 Å². The van der Waals surface area contributed by atoms with Crippen molar-refractivity contribution in [3.8, 4) is 0 Å². The summed E-state index contributed by atoms with van der Waals surface area (Å²) < 4.78 is 0. The lowest BCUT2D eigenvalue weighted by atomic mass is 9.85. The first-order chi connectivity index (χ1) is 24.8. The average Bonchev–Trinajstić information content (AvgIpc) is 3.90. The van der Waals surface area contributed by atoms with Crippen LogP contribution in [0.4, 0.5) is 0 Å². The van der Waals surface area contributed by atoms with Gasteiger partial charge in [-0.15, -0.1) is 0 Å². The summed E-state index contributed by atoms with van der Waals surface area (Å²) in [5.74, 6) is 0.723. The molecule has 280 valence electrons. The number of benzene rings is 2. The summed E-state index contributed by atoms with van der Waals surface area (Å²) in [6.45, 7) is 30.7. The standard InChI is InChI=1S/C47H66N4O/c1-12-16-45-41-18-15-17-37(40(41)19-22-51(45)46(52)39(14-3)32(6)13-2)27-50-24-23-49(30-47(50)20-21-47)29-43-33(7)25-38(26-42(43)31(4)5)44-28-48(11)36(10)34(8)35(44)9/h15,17-18,25-26,28,31,45H,10,12-14,16,19-24,27,29-30H2,1-9,11H3. The maximum Gasteiger partial charge on any atom is 0.250 e. The molecular weight excluding hydrogens is 637 g/mol. The van der Waals surface area contributed by atoms with Crippen LogP contribution in [0.3, 0.4) is 0 Å². The molecule has 0 radical (unpaired) electrons. The Hall–Kier alpha value is -3.41. The van der Waals surface area contributed by atoms with E-state index in [4.69, 9.17) is 0 Å². The summed E-state index contributed by atoms with van der Waals surface area (Å²) in [5.41, 5.74) is 17.7. The van der Waals surface area contributed by atoms with Crippen molar-refractivity contribution in [3.05, 3.63) is 110 Å². The van der Waals surface area contributed by atoms with Crippen molar-refractivity contribution in [3.63, 3.8) is 0 Å². The molecule has 2 aromatic carbocycles. The first-order valence-electron chi connectivity index (χ1n) is 20.4. The molecule has 1 spiro atoms. The fraction of sp³-hybridized carbons (Fsp3) is 0.553. The summed E-state index contributed by atoms with van der Waals surface area (Å²) in [5, 5.41) is 0. The molecule has 6 rings (SSSR count). The number of likely N-dealkylation sites (N-methyl/N-ethyl adjacent to an activating group) is 1. The summed E-state index contributed by atoms with van der Waals surface area (Å²) in [7, 11) is 2.11. The zero-order valence-corrected chi connectivity index (χ0v) is 34.2. The molecule has 5 nitrogen and oxygen atoms in total. The number of hydrogen-bond acceptors (Lipinski definition) is 4. The van der Waals surface area contributed by atoms with Crippen LogP contribution in [0.2, 0.25) is 0 Å². The summed E-state index contributed by atoms with van der Waals surface area (Å²) in [6, 6.07) is 12.0. The molecule has 52 heavy (non-hydrogen) atoms. The minimum atomic E-state index is 0.169. The van der Waals surface area contributed by atoms with Gasteiger partial charge in [0.2, 0.25) is 5.91 Å². The van der Waals surface area contributed by atoms with Crippen molar-refractivity contribution in [2.24, 2.45) is 0 Å². The van der Waals surface area contributed by atoms with Crippen molar-refractivity contribution < 1.29 is 4.79 Å². The molecule has 1 aliphatic carbocycles. The first-order valence-corrected chi connectivity index (χ1v) is 20.4. The topological polar surface area (TPSA) is 30.0 Å². The number of aryl methyl sites for hydroxylation is 1. The number of amides is 1. The smallest absolute Gasteiger partial charge is 0.250 e. The van der Waals surface area contributed by atoms with Crippen LogP contribution in [0.25, 0.3) is 5.57 Å². The number of piperazine rings is 1. The van der Waals surface area contributed by atoms with E-state index in [-0.39, 0.29) is 17.5 Å². The zero-order valence-electron chi connectivity index (χ0n) is 34.2. The van der Waals surface area contributed by atoms with E-state index < -0.39 is 0 Å². The molecule has 0 N–H and O–H groups in total. The van der Waals surface area contributed by atoms with E-state index in [0.717, 1.165) is 82.6 Å². The number of rotatable bonds is 11. The monoisotopic (exact) mass is 703 g/mol. The normalized spacial score (nSPS) is 21.2. The van der Waals surface area contributed by atoms with Crippen molar-refractivity contribution >= 4 is 11.5 Å². The van der Waals surface area contributed by atoms with Gasteiger partial charge < -0.3 is 9.80 Å². The molecule has 1 saturated heterocycles. The van der Waals surface area contributed by atoms with E-state index >= 15 is 0 Å². The second-order valence-electron chi connectivity index (χ2n) is 16.7. The van der Waals surface area contributed by atoms with Crippen molar-refractivity contribution in [1.82, 2.24) is 19.6 Å². The summed E-state index contributed by atoms with van der Waals surface area (Å²) >= 11 is 0. The van der Waals surface area contributed by atoms with Crippen molar-refractivity contribution in [1.29, 1.82) is 0 Å². The van der Waals surface area contributed by atoms with Crippen LogP contribution in [0.15, 0.2) is 71.1 Å². The second-order valence-corrected chi connectivity index (χ2v) is 16.7. The average molecular weight is 703 g/mol. The Labute approximate surface area is 316 Å². The van der Waals surface area contributed by atoms with Crippen LogP contribution >= 0.6 is 0 Å². The molecule has 1 unspecified atom stereocenters. The highest BCUT2D eigenvalue weighted by atomic mass is 16.2.